The highest BCUT2D eigenvalue weighted by atomic mass is 16.5. The zero-order valence-electron chi connectivity index (χ0n) is 28.3. The van der Waals surface area contributed by atoms with E-state index in [1.807, 2.05) is 0 Å². The van der Waals surface area contributed by atoms with Gasteiger partial charge in [-0.05, 0) is 51.9 Å². The van der Waals surface area contributed by atoms with Crippen LogP contribution in [0.3, 0.4) is 0 Å². The van der Waals surface area contributed by atoms with Gasteiger partial charge in [-0.3, -0.25) is 9.59 Å². The SMILES string of the molecule is CCCC/C=C\CCCCCCCC(=O)OC(C)CCCCCCCCCCCCCCCCCCCCCC(=O)O. The number of hydrogen-bond acceptors (Lipinski definition) is 3. The first-order valence-corrected chi connectivity index (χ1v) is 18.6. The van der Waals surface area contributed by atoms with Crippen molar-refractivity contribution in [3.8, 4) is 0 Å². The van der Waals surface area contributed by atoms with Gasteiger partial charge < -0.3 is 9.84 Å². The molecule has 1 N–H and O–H groups in total. The molecule has 0 aromatic heterocycles. The predicted octanol–water partition coefficient (Wildman–Crippen LogP) is 12.7. The van der Waals surface area contributed by atoms with Gasteiger partial charge in [0.25, 0.3) is 0 Å². The summed E-state index contributed by atoms with van der Waals surface area (Å²) in [6, 6.07) is 0. The Hall–Kier alpha value is -1.32. The Balaban J connectivity index is 3.27. The van der Waals surface area contributed by atoms with Gasteiger partial charge in [0.2, 0.25) is 0 Å². The largest absolute Gasteiger partial charge is 0.481 e. The maximum absolute atomic E-state index is 12.1. The molecule has 0 aliphatic rings. The predicted molar refractivity (Wildman–Crippen MR) is 181 cm³/mol. The van der Waals surface area contributed by atoms with Crippen LogP contribution in [0.5, 0.6) is 0 Å². The van der Waals surface area contributed by atoms with Crippen LogP contribution in [0.2, 0.25) is 0 Å². The minimum absolute atomic E-state index is 0.000319. The Morgan fingerprint density at radius 1 is 0.524 bits per heavy atom. The third-order valence-corrected chi connectivity index (χ3v) is 8.48. The summed E-state index contributed by atoms with van der Waals surface area (Å²) in [4.78, 5) is 22.6. The maximum Gasteiger partial charge on any atom is 0.306 e. The Labute approximate surface area is 262 Å². The number of unbranched alkanes of at least 4 members (excludes halogenated alkanes) is 25. The van der Waals surface area contributed by atoms with Crippen molar-refractivity contribution in [2.75, 3.05) is 0 Å². The molecule has 4 nitrogen and oxygen atoms in total. The van der Waals surface area contributed by atoms with Gasteiger partial charge in [0.15, 0.2) is 0 Å². The van der Waals surface area contributed by atoms with E-state index in [-0.39, 0.29) is 12.1 Å². The van der Waals surface area contributed by atoms with Gasteiger partial charge in [0.1, 0.15) is 0 Å². The average molecular weight is 593 g/mol. The van der Waals surface area contributed by atoms with E-state index in [9.17, 15) is 9.59 Å². The Morgan fingerprint density at radius 3 is 1.31 bits per heavy atom. The van der Waals surface area contributed by atoms with E-state index in [0.717, 1.165) is 32.1 Å². The summed E-state index contributed by atoms with van der Waals surface area (Å²) >= 11 is 0. The summed E-state index contributed by atoms with van der Waals surface area (Å²) in [6.07, 6.45) is 42.2. The van der Waals surface area contributed by atoms with Crippen molar-refractivity contribution in [2.45, 2.75) is 219 Å². The first-order valence-electron chi connectivity index (χ1n) is 18.6. The van der Waals surface area contributed by atoms with Crippen molar-refractivity contribution in [2.24, 2.45) is 0 Å². The molecule has 0 aliphatic carbocycles. The fraction of sp³-hybridized carbons (Fsp3) is 0.895. The fourth-order valence-electron chi connectivity index (χ4n) is 5.68. The Kier molecular flexibility index (Phi) is 33.1. The van der Waals surface area contributed by atoms with Crippen LogP contribution >= 0.6 is 0 Å². The molecule has 0 aromatic rings. The number of carbonyl (C=O) groups excluding carboxylic acids is 1. The number of carboxylic acid groups (broad SMARTS) is 1. The van der Waals surface area contributed by atoms with Crippen molar-refractivity contribution in [1.82, 2.24) is 0 Å². The molecule has 1 atom stereocenters. The number of aliphatic carboxylic acids is 1. The van der Waals surface area contributed by atoms with Gasteiger partial charge in [-0.25, -0.2) is 0 Å². The number of carboxylic acids is 1. The number of rotatable bonds is 34. The van der Waals surface area contributed by atoms with Crippen LogP contribution in [-0.2, 0) is 14.3 Å². The lowest BCUT2D eigenvalue weighted by Gasteiger charge is -2.13. The second-order valence-corrected chi connectivity index (χ2v) is 12.9. The molecule has 0 aromatic carbocycles. The second kappa shape index (κ2) is 34.2. The third kappa shape index (κ3) is 34.9. The van der Waals surface area contributed by atoms with Gasteiger partial charge in [-0.2, -0.15) is 0 Å². The number of carbonyl (C=O) groups is 2. The zero-order chi connectivity index (χ0) is 30.8. The van der Waals surface area contributed by atoms with E-state index in [1.54, 1.807) is 0 Å². The fourth-order valence-corrected chi connectivity index (χ4v) is 5.68. The average Bonchev–Trinajstić information content (AvgIpc) is 2.96. The first-order chi connectivity index (χ1) is 20.6. The quantitative estimate of drug-likeness (QED) is 0.0458. The third-order valence-electron chi connectivity index (χ3n) is 8.48. The van der Waals surface area contributed by atoms with Crippen molar-refractivity contribution in [1.29, 1.82) is 0 Å². The van der Waals surface area contributed by atoms with Crippen LogP contribution in [0.1, 0.15) is 213 Å². The minimum atomic E-state index is -0.660. The summed E-state index contributed by atoms with van der Waals surface area (Å²) in [6.45, 7) is 4.30. The molecule has 0 heterocycles. The van der Waals surface area contributed by atoms with E-state index in [1.165, 1.54) is 154 Å². The molecule has 0 rings (SSSR count). The van der Waals surface area contributed by atoms with E-state index in [0.29, 0.717) is 12.8 Å². The van der Waals surface area contributed by atoms with Crippen molar-refractivity contribution >= 4 is 11.9 Å². The van der Waals surface area contributed by atoms with Crippen LogP contribution < -0.4 is 0 Å². The zero-order valence-corrected chi connectivity index (χ0v) is 28.3. The van der Waals surface area contributed by atoms with Gasteiger partial charge in [-0.15, -0.1) is 0 Å². The van der Waals surface area contributed by atoms with Crippen molar-refractivity contribution in [3.05, 3.63) is 12.2 Å². The molecule has 42 heavy (non-hydrogen) atoms. The lowest BCUT2D eigenvalue weighted by Crippen LogP contribution is -2.14. The molecule has 4 heteroatoms. The van der Waals surface area contributed by atoms with Gasteiger partial charge in [0.05, 0.1) is 6.10 Å². The molecule has 0 radical (unpaired) electrons. The summed E-state index contributed by atoms with van der Waals surface area (Å²) in [5.74, 6) is -0.660. The summed E-state index contributed by atoms with van der Waals surface area (Å²) in [5, 5.41) is 8.64. The Morgan fingerprint density at radius 2 is 0.881 bits per heavy atom. The van der Waals surface area contributed by atoms with Gasteiger partial charge >= 0.3 is 11.9 Å². The van der Waals surface area contributed by atoms with Crippen LogP contribution in [-0.4, -0.2) is 23.1 Å². The van der Waals surface area contributed by atoms with Crippen LogP contribution in [0.25, 0.3) is 0 Å². The van der Waals surface area contributed by atoms with Crippen LogP contribution in [0.15, 0.2) is 12.2 Å². The highest BCUT2D eigenvalue weighted by Gasteiger charge is 2.09. The molecule has 0 spiro atoms. The highest BCUT2D eigenvalue weighted by molar-refractivity contribution is 5.69. The molecule has 0 saturated carbocycles. The normalized spacial score (nSPS) is 12.2. The lowest BCUT2D eigenvalue weighted by molar-refractivity contribution is -0.148. The smallest absolute Gasteiger partial charge is 0.306 e. The second-order valence-electron chi connectivity index (χ2n) is 12.9. The molecule has 0 bridgehead atoms. The van der Waals surface area contributed by atoms with Crippen molar-refractivity contribution in [3.63, 3.8) is 0 Å². The van der Waals surface area contributed by atoms with E-state index >= 15 is 0 Å². The number of hydrogen-bond donors (Lipinski definition) is 1. The monoisotopic (exact) mass is 593 g/mol. The summed E-state index contributed by atoms with van der Waals surface area (Å²) in [5.41, 5.74) is 0. The number of esters is 1. The van der Waals surface area contributed by atoms with Gasteiger partial charge in [0, 0.05) is 12.8 Å². The van der Waals surface area contributed by atoms with Crippen LogP contribution in [0.4, 0.5) is 0 Å². The van der Waals surface area contributed by atoms with E-state index < -0.39 is 5.97 Å². The van der Waals surface area contributed by atoms with E-state index in [4.69, 9.17) is 9.84 Å². The molecular formula is C38H72O4. The van der Waals surface area contributed by atoms with Crippen molar-refractivity contribution < 1.29 is 19.4 Å². The standard InChI is InChI=1S/C38H72O4/c1-3-4-5-6-7-8-18-23-26-29-32-35-38(41)42-36(2)33-30-27-24-21-19-16-14-12-10-9-11-13-15-17-20-22-25-28-31-34-37(39)40/h6-7,36H,3-5,8-35H2,1-2H3,(H,39,40)/b7-6-. The van der Waals surface area contributed by atoms with Gasteiger partial charge in [-0.1, -0.05) is 160 Å². The topological polar surface area (TPSA) is 63.6 Å². The highest BCUT2D eigenvalue weighted by Crippen LogP contribution is 2.16. The summed E-state index contributed by atoms with van der Waals surface area (Å²) < 4.78 is 5.63. The molecule has 0 aliphatic heterocycles. The summed E-state index contributed by atoms with van der Waals surface area (Å²) in [7, 11) is 0. The molecule has 0 amide bonds. The molecule has 0 fully saturated rings. The number of ether oxygens (including phenoxy) is 1. The maximum atomic E-state index is 12.1. The Bertz CT molecular complexity index is 600. The first kappa shape index (κ1) is 40.7. The van der Waals surface area contributed by atoms with E-state index in [2.05, 4.69) is 26.0 Å². The molecule has 0 saturated heterocycles. The van der Waals surface area contributed by atoms with Crippen LogP contribution in [0, 0.1) is 0 Å². The molecule has 248 valence electrons. The molecular weight excluding hydrogens is 520 g/mol. The number of allylic oxidation sites excluding steroid dienone is 2. The minimum Gasteiger partial charge on any atom is -0.481 e. The lowest BCUT2D eigenvalue weighted by atomic mass is 10.0. The molecule has 1 unspecified atom stereocenters.